The van der Waals surface area contributed by atoms with Crippen LogP contribution in [0.25, 0.3) is 19.6 Å². The fourth-order valence-corrected chi connectivity index (χ4v) is 5.74. The predicted octanol–water partition coefficient (Wildman–Crippen LogP) is 6.10. The lowest BCUT2D eigenvalue weighted by molar-refractivity contribution is 0.930. The van der Waals surface area contributed by atoms with Crippen molar-refractivity contribution in [1.82, 2.24) is 4.98 Å². The summed E-state index contributed by atoms with van der Waals surface area (Å²) in [5, 5.41) is 3.25. The number of aromatic nitrogens is 1. The Labute approximate surface area is 133 Å². The standard InChI is InChI=1S/C15H10ClNS3/c16-9(13-8-14-12(19-13)5-6-18-14)7-15-17-10-3-1-2-4-11(10)20-15/h1-6,8-9H,7H2. The molecule has 1 aromatic carbocycles. The summed E-state index contributed by atoms with van der Waals surface area (Å²) in [5.41, 5.74) is 1.07. The first-order valence-electron chi connectivity index (χ1n) is 6.25. The zero-order valence-electron chi connectivity index (χ0n) is 10.4. The lowest BCUT2D eigenvalue weighted by Gasteiger charge is -2.03. The van der Waals surface area contributed by atoms with Crippen LogP contribution in [0.4, 0.5) is 0 Å². The second-order valence-corrected chi connectivity index (χ2v) is 8.25. The minimum Gasteiger partial charge on any atom is -0.241 e. The Morgan fingerprint density at radius 3 is 2.80 bits per heavy atom. The molecule has 0 aliphatic heterocycles. The van der Waals surface area contributed by atoms with Gasteiger partial charge in [0.15, 0.2) is 0 Å². The van der Waals surface area contributed by atoms with Crippen molar-refractivity contribution in [2.75, 3.05) is 0 Å². The maximum absolute atomic E-state index is 6.58. The molecule has 20 heavy (non-hydrogen) atoms. The van der Waals surface area contributed by atoms with Gasteiger partial charge in [0, 0.05) is 20.7 Å². The number of nitrogens with zero attached hydrogens (tertiary/aromatic N) is 1. The van der Waals surface area contributed by atoms with Gasteiger partial charge in [0.05, 0.1) is 20.6 Å². The second kappa shape index (κ2) is 5.11. The molecule has 0 amide bonds. The van der Waals surface area contributed by atoms with Gasteiger partial charge in [-0.2, -0.15) is 0 Å². The summed E-state index contributed by atoms with van der Waals surface area (Å²) in [6, 6.07) is 12.6. The van der Waals surface area contributed by atoms with Crippen LogP contribution >= 0.6 is 45.6 Å². The van der Waals surface area contributed by atoms with Crippen LogP contribution in [-0.4, -0.2) is 4.98 Å². The van der Waals surface area contributed by atoms with Crippen molar-refractivity contribution >= 4 is 65.2 Å². The van der Waals surface area contributed by atoms with Crippen molar-refractivity contribution in [3.05, 3.63) is 51.7 Å². The molecule has 4 rings (SSSR count). The van der Waals surface area contributed by atoms with Crippen molar-refractivity contribution in [2.24, 2.45) is 0 Å². The SMILES string of the molecule is ClC(Cc1nc2ccccc2s1)c1cc2sccc2s1. The van der Waals surface area contributed by atoms with Crippen LogP contribution in [0.3, 0.4) is 0 Å². The third-order valence-corrected chi connectivity index (χ3v) is 6.94. The highest BCUT2D eigenvalue weighted by Gasteiger charge is 2.15. The van der Waals surface area contributed by atoms with Gasteiger partial charge >= 0.3 is 0 Å². The Kier molecular flexibility index (Phi) is 3.27. The minimum absolute atomic E-state index is 0.0140. The van der Waals surface area contributed by atoms with Gasteiger partial charge in [0.2, 0.25) is 0 Å². The molecule has 0 radical (unpaired) electrons. The monoisotopic (exact) mass is 335 g/mol. The first-order valence-corrected chi connectivity index (χ1v) is 9.20. The third-order valence-electron chi connectivity index (χ3n) is 3.16. The Morgan fingerprint density at radius 2 is 1.95 bits per heavy atom. The van der Waals surface area contributed by atoms with Crippen molar-refractivity contribution in [3.8, 4) is 0 Å². The van der Waals surface area contributed by atoms with E-state index in [4.69, 9.17) is 11.6 Å². The topological polar surface area (TPSA) is 12.9 Å². The van der Waals surface area contributed by atoms with Gasteiger partial charge in [-0.25, -0.2) is 4.98 Å². The number of benzene rings is 1. The molecule has 0 spiro atoms. The van der Waals surface area contributed by atoms with Crippen LogP contribution in [0.15, 0.2) is 41.8 Å². The molecule has 0 N–H and O–H groups in total. The molecule has 1 unspecified atom stereocenters. The summed E-state index contributed by atoms with van der Waals surface area (Å²) < 4.78 is 3.90. The minimum atomic E-state index is 0.0140. The average molecular weight is 336 g/mol. The van der Waals surface area contributed by atoms with E-state index in [1.54, 1.807) is 34.0 Å². The molecule has 3 heterocycles. The second-order valence-electron chi connectivity index (χ2n) is 4.54. The fourth-order valence-electron chi connectivity index (χ4n) is 2.20. The molecule has 0 aliphatic carbocycles. The molecule has 0 fully saturated rings. The Morgan fingerprint density at radius 1 is 1.05 bits per heavy atom. The van der Waals surface area contributed by atoms with E-state index in [1.165, 1.54) is 19.0 Å². The Hall–Kier alpha value is -0.940. The number of thiazole rings is 1. The lowest BCUT2D eigenvalue weighted by atomic mass is 10.2. The summed E-state index contributed by atoms with van der Waals surface area (Å²) in [5.74, 6) is 0. The lowest BCUT2D eigenvalue weighted by Crippen LogP contribution is -1.92. The van der Waals surface area contributed by atoms with Crippen LogP contribution in [0.2, 0.25) is 0 Å². The van der Waals surface area contributed by atoms with Crippen LogP contribution in [0.1, 0.15) is 15.3 Å². The quantitative estimate of drug-likeness (QED) is 0.412. The van der Waals surface area contributed by atoms with Crippen LogP contribution in [-0.2, 0) is 6.42 Å². The molecule has 0 saturated carbocycles. The average Bonchev–Trinajstić information content (AvgIpc) is 3.11. The first-order chi connectivity index (χ1) is 9.79. The number of thiophene rings is 2. The summed E-state index contributed by atoms with van der Waals surface area (Å²) in [6.45, 7) is 0. The van der Waals surface area contributed by atoms with Crippen LogP contribution in [0, 0.1) is 0 Å². The highest BCUT2D eigenvalue weighted by molar-refractivity contribution is 7.27. The molecule has 5 heteroatoms. The molecule has 3 aromatic heterocycles. The maximum Gasteiger partial charge on any atom is 0.0957 e. The molecule has 0 saturated heterocycles. The Balaban J connectivity index is 1.62. The zero-order chi connectivity index (χ0) is 13.5. The van der Waals surface area contributed by atoms with E-state index in [0.717, 1.165) is 16.9 Å². The van der Waals surface area contributed by atoms with E-state index >= 15 is 0 Å². The van der Waals surface area contributed by atoms with Gasteiger partial charge in [-0.3, -0.25) is 0 Å². The molecule has 1 nitrogen and oxygen atoms in total. The smallest absolute Gasteiger partial charge is 0.0957 e. The zero-order valence-corrected chi connectivity index (χ0v) is 13.6. The number of hydrogen-bond acceptors (Lipinski definition) is 4. The van der Waals surface area contributed by atoms with E-state index in [9.17, 15) is 0 Å². The van der Waals surface area contributed by atoms with Gasteiger partial charge in [-0.1, -0.05) is 12.1 Å². The Bertz CT molecular complexity index is 812. The first kappa shape index (κ1) is 12.8. The van der Waals surface area contributed by atoms with E-state index in [1.807, 2.05) is 6.07 Å². The van der Waals surface area contributed by atoms with Crippen molar-refractivity contribution in [1.29, 1.82) is 0 Å². The summed E-state index contributed by atoms with van der Waals surface area (Å²) in [7, 11) is 0. The van der Waals surface area contributed by atoms with E-state index in [2.05, 4.69) is 40.7 Å². The molecule has 1 atom stereocenters. The molecular formula is C15H10ClNS3. The number of hydrogen-bond donors (Lipinski definition) is 0. The normalized spacial score (nSPS) is 13.2. The highest BCUT2D eigenvalue weighted by atomic mass is 35.5. The van der Waals surface area contributed by atoms with Gasteiger partial charge < -0.3 is 0 Å². The van der Waals surface area contributed by atoms with Gasteiger partial charge in [0.1, 0.15) is 0 Å². The number of halogens is 1. The number of fused-ring (bicyclic) bond motifs is 2. The molecule has 100 valence electrons. The fraction of sp³-hybridized carbons (Fsp3) is 0.133. The molecule has 0 aliphatic rings. The predicted molar refractivity (Wildman–Crippen MR) is 91.6 cm³/mol. The molecule has 0 bridgehead atoms. The van der Waals surface area contributed by atoms with Crippen LogP contribution < -0.4 is 0 Å². The summed E-state index contributed by atoms with van der Waals surface area (Å²) >= 11 is 11.9. The number of alkyl halides is 1. The highest BCUT2D eigenvalue weighted by Crippen LogP contribution is 2.38. The summed E-state index contributed by atoms with van der Waals surface area (Å²) in [4.78, 5) is 5.90. The summed E-state index contributed by atoms with van der Waals surface area (Å²) in [6.07, 6.45) is 0.800. The van der Waals surface area contributed by atoms with E-state index in [0.29, 0.717) is 0 Å². The van der Waals surface area contributed by atoms with E-state index in [-0.39, 0.29) is 5.38 Å². The molecule has 4 aromatic rings. The van der Waals surface area contributed by atoms with E-state index < -0.39 is 0 Å². The van der Waals surface area contributed by atoms with Gasteiger partial charge in [-0.15, -0.1) is 45.6 Å². The number of rotatable bonds is 3. The van der Waals surface area contributed by atoms with Crippen molar-refractivity contribution in [2.45, 2.75) is 11.8 Å². The number of para-hydroxylation sites is 1. The largest absolute Gasteiger partial charge is 0.241 e. The van der Waals surface area contributed by atoms with Crippen molar-refractivity contribution in [3.63, 3.8) is 0 Å². The third kappa shape index (κ3) is 2.27. The van der Waals surface area contributed by atoms with Crippen LogP contribution in [0.5, 0.6) is 0 Å². The van der Waals surface area contributed by atoms with Gasteiger partial charge in [0.25, 0.3) is 0 Å². The maximum atomic E-state index is 6.58. The molecular weight excluding hydrogens is 326 g/mol. The van der Waals surface area contributed by atoms with Gasteiger partial charge in [-0.05, 0) is 29.6 Å². The van der Waals surface area contributed by atoms with Crippen molar-refractivity contribution < 1.29 is 0 Å².